The molecule has 2 aliphatic rings. The molecule has 0 aromatic heterocycles. The van der Waals surface area contributed by atoms with Gasteiger partial charge in [-0.05, 0) is 25.3 Å². The van der Waals surface area contributed by atoms with Crippen LogP contribution in [-0.4, -0.2) is 93.0 Å². The molecule has 2 aliphatic heterocycles. The molecule has 0 bridgehead atoms. The number of ether oxygens (including phenoxy) is 1. The highest BCUT2D eigenvalue weighted by Gasteiger charge is 2.34. The van der Waals surface area contributed by atoms with E-state index in [4.69, 9.17) is 9.73 Å². The van der Waals surface area contributed by atoms with Gasteiger partial charge in [-0.3, -0.25) is 14.8 Å². The van der Waals surface area contributed by atoms with Crippen LogP contribution in [0.15, 0.2) is 35.3 Å². The molecule has 2 heterocycles. The van der Waals surface area contributed by atoms with E-state index in [-0.39, 0.29) is 36.0 Å². The first-order valence-corrected chi connectivity index (χ1v) is 11.4. The van der Waals surface area contributed by atoms with Gasteiger partial charge in [0.25, 0.3) is 0 Å². The van der Waals surface area contributed by atoms with Gasteiger partial charge in [0.1, 0.15) is 0 Å². The molecule has 0 aliphatic carbocycles. The number of nitrogens with zero attached hydrogens (tertiary/aromatic N) is 3. The Morgan fingerprint density at radius 3 is 2.52 bits per heavy atom. The van der Waals surface area contributed by atoms with Crippen LogP contribution in [0.3, 0.4) is 0 Å². The van der Waals surface area contributed by atoms with Gasteiger partial charge in [0.2, 0.25) is 0 Å². The topological polar surface area (TPSA) is 72.4 Å². The van der Waals surface area contributed by atoms with Gasteiger partial charge in [0, 0.05) is 71.0 Å². The Bertz CT molecular complexity index is 632. The minimum Gasteiger partial charge on any atom is -0.396 e. The molecule has 0 spiro atoms. The summed E-state index contributed by atoms with van der Waals surface area (Å²) >= 11 is 0. The first kappa shape index (κ1) is 26.3. The smallest absolute Gasteiger partial charge is 0.191 e. The van der Waals surface area contributed by atoms with Crippen LogP contribution in [0.1, 0.15) is 25.3 Å². The number of aliphatic hydroxyl groups excluding tert-OH is 1. The first-order valence-electron chi connectivity index (χ1n) is 11.4. The lowest BCUT2D eigenvalue weighted by Crippen LogP contribution is -2.49. The lowest BCUT2D eigenvalue weighted by Gasteiger charge is -2.34. The average molecular weight is 546 g/mol. The highest BCUT2D eigenvalue weighted by Crippen LogP contribution is 2.32. The number of piperazine rings is 1. The van der Waals surface area contributed by atoms with E-state index in [1.807, 2.05) is 0 Å². The van der Waals surface area contributed by atoms with E-state index in [9.17, 15) is 5.11 Å². The maximum atomic E-state index is 9.40. The maximum Gasteiger partial charge on any atom is 0.191 e. The summed E-state index contributed by atoms with van der Waals surface area (Å²) in [6.07, 6.45) is 1.73. The summed E-state index contributed by atoms with van der Waals surface area (Å²) in [5.74, 6) is 0.865. The molecule has 1 aromatic rings. The van der Waals surface area contributed by atoms with Gasteiger partial charge in [-0.1, -0.05) is 30.3 Å². The summed E-state index contributed by atoms with van der Waals surface area (Å²) in [5.41, 5.74) is 1.39. The van der Waals surface area contributed by atoms with E-state index in [0.717, 1.165) is 77.8 Å². The van der Waals surface area contributed by atoms with Gasteiger partial charge in [0.05, 0.1) is 13.2 Å². The van der Waals surface area contributed by atoms with Crippen LogP contribution >= 0.6 is 24.0 Å². The van der Waals surface area contributed by atoms with Gasteiger partial charge in [-0.2, -0.15) is 0 Å². The Labute approximate surface area is 204 Å². The van der Waals surface area contributed by atoms with Crippen molar-refractivity contribution in [2.45, 2.75) is 26.3 Å². The third-order valence-corrected chi connectivity index (χ3v) is 6.18. The number of guanidine groups is 1. The van der Waals surface area contributed by atoms with Crippen LogP contribution in [0.5, 0.6) is 0 Å². The van der Waals surface area contributed by atoms with Crippen molar-refractivity contribution in [1.82, 2.24) is 20.4 Å². The zero-order valence-corrected chi connectivity index (χ0v) is 21.2. The maximum absolute atomic E-state index is 9.40. The molecular weight excluding hydrogens is 505 g/mol. The second-order valence-corrected chi connectivity index (χ2v) is 8.50. The molecule has 0 saturated carbocycles. The number of aliphatic hydroxyl groups is 1. The van der Waals surface area contributed by atoms with E-state index in [0.29, 0.717) is 13.2 Å². The summed E-state index contributed by atoms with van der Waals surface area (Å²) in [4.78, 5) is 9.87. The summed E-state index contributed by atoms with van der Waals surface area (Å²) in [6, 6.07) is 10.7. The van der Waals surface area contributed by atoms with Crippen molar-refractivity contribution in [2.75, 3.05) is 72.2 Å². The Morgan fingerprint density at radius 1 is 1.13 bits per heavy atom. The molecule has 2 fully saturated rings. The summed E-state index contributed by atoms with van der Waals surface area (Å²) in [5, 5.41) is 16.2. The molecule has 1 aromatic carbocycles. The fourth-order valence-electron chi connectivity index (χ4n) is 4.22. The highest BCUT2D eigenvalue weighted by atomic mass is 127. The monoisotopic (exact) mass is 545 g/mol. The summed E-state index contributed by atoms with van der Waals surface area (Å²) in [7, 11) is 0. The first-order chi connectivity index (χ1) is 14.7. The summed E-state index contributed by atoms with van der Waals surface area (Å²) in [6.45, 7) is 12.7. The molecular formula is C23H40IN5O2. The van der Waals surface area contributed by atoms with E-state index >= 15 is 0 Å². The van der Waals surface area contributed by atoms with E-state index < -0.39 is 0 Å². The minimum atomic E-state index is -0.00775. The number of halogens is 1. The Hall–Kier alpha value is -0.940. The van der Waals surface area contributed by atoms with Crippen LogP contribution in [0.25, 0.3) is 0 Å². The Morgan fingerprint density at radius 2 is 1.87 bits per heavy atom. The number of hydrogen-bond donors (Lipinski definition) is 3. The molecule has 1 atom stereocenters. The second-order valence-electron chi connectivity index (χ2n) is 8.50. The molecule has 7 nitrogen and oxygen atoms in total. The standard InChI is InChI=1S/C23H39N5O2.HI/c1-2-24-22(26-19-23(8-16-29)9-17-30-20-23)25-10-11-27-12-14-28(15-13-27)18-21-6-4-3-5-7-21;/h3-7,29H,2,8-20H2,1H3,(H2,24,25,26);1H. The highest BCUT2D eigenvalue weighted by molar-refractivity contribution is 14.0. The molecule has 8 heteroatoms. The zero-order valence-electron chi connectivity index (χ0n) is 18.9. The number of benzene rings is 1. The van der Waals surface area contributed by atoms with Crippen molar-refractivity contribution in [1.29, 1.82) is 0 Å². The molecule has 1 unspecified atom stereocenters. The Balaban J connectivity index is 0.00000341. The number of hydrogen-bond acceptors (Lipinski definition) is 5. The van der Waals surface area contributed by atoms with Crippen LogP contribution in [0.2, 0.25) is 0 Å². The lowest BCUT2D eigenvalue weighted by atomic mass is 9.84. The van der Waals surface area contributed by atoms with Crippen LogP contribution in [-0.2, 0) is 11.3 Å². The molecule has 176 valence electrons. The summed E-state index contributed by atoms with van der Waals surface area (Å²) < 4.78 is 5.58. The number of nitrogens with one attached hydrogen (secondary N) is 2. The van der Waals surface area contributed by atoms with Crippen LogP contribution < -0.4 is 10.6 Å². The van der Waals surface area contributed by atoms with Crippen LogP contribution in [0.4, 0.5) is 0 Å². The van der Waals surface area contributed by atoms with Gasteiger partial charge in [-0.25, -0.2) is 0 Å². The molecule has 3 rings (SSSR count). The predicted molar refractivity (Wildman–Crippen MR) is 137 cm³/mol. The fraction of sp³-hybridized carbons (Fsp3) is 0.696. The van der Waals surface area contributed by atoms with Crippen molar-refractivity contribution in [3.8, 4) is 0 Å². The average Bonchev–Trinajstić information content (AvgIpc) is 3.23. The Kier molecular flexibility index (Phi) is 12.1. The number of rotatable bonds is 10. The molecule has 0 amide bonds. The van der Waals surface area contributed by atoms with Gasteiger partial charge in [0.15, 0.2) is 5.96 Å². The van der Waals surface area contributed by atoms with Crippen molar-refractivity contribution in [3.63, 3.8) is 0 Å². The second kappa shape index (κ2) is 14.3. The molecule has 3 N–H and O–H groups in total. The molecule has 0 radical (unpaired) electrons. The van der Waals surface area contributed by atoms with E-state index in [2.05, 4.69) is 57.7 Å². The third kappa shape index (κ3) is 8.84. The molecule has 31 heavy (non-hydrogen) atoms. The molecule has 2 saturated heterocycles. The largest absolute Gasteiger partial charge is 0.396 e. The van der Waals surface area contributed by atoms with Gasteiger partial charge < -0.3 is 20.5 Å². The van der Waals surface area contributed by atoms with Crippen LogP contribution in [0, 0.1) is 5.41 Å². The van der Waals surface area contributed by atoms with Crippen molar-refractivity contribution in [2.24, 2.45) is 10.4 Å². The van der Waals surface area contributed by atoms with Crippen molar-refractivity contribution < 1.29 is 9.84 Å². The minimum absolute atomic E-state index is 0. The van der Waals surface area contributed by atoms with E-state index in [1.54, 1.807) is 0 Å². The fourth-order valence-corrected chi connectivity index (χ4v) is 4.22. The zero-order chi connectivity index (χ0) is 21.1. The number of aliphatic imine (C=N–C) groups is 1. The SMILES string of the molecule is CCNC(=NCC1(CCO)CCOC1)NCCN1CCN(Cc2ccccc2)CC1.I. The van der Waals surface area contributed by atoms with Crippen molar-refractivity contribution in [3.05, 3.63) is 35.9 Å². The lowest BCUT2D eigenvalue weighted by molar-refractivity contribution is 0.128. The predicted octanol–water partition coefficient (Wildman–Crippen LogP) is 1.77. The normalized spacial score (nSPS) is 22.8. The van der Waals surface area contributed by atoms with Gasteiger partial charge >= 0.3 is 0 Å². The van der Waals surface area contributed by atoms with Crippen molar-refractivity contribution >= 4 is 29.9 Å². The third-order valence-electron chi connectivity index (χ3n) is 6.18. The quantitative estimate of drug-likeness (QED) is 0.237. The van der Waals surface area contributed by atoms with Gasteiger partial charge in [-0.15, -0.1) is 24.0 Å². The van der Waals surface area contributed by atoms with E-state index in [1.165, 1.54) is 5.56 Å².